The van der Waals surface area contributed by atoms with Gasteiger partial charge in [0.2, 0.25) is 16.0 Å². The highest BCUT2D eigenvalue weighted by Crippen LogP contribution is 2.36. The molecule has 1 N–H and O–H groups in total. The molecule has 1 aromatic carbocycles. The minimum Gasteiger partial charge on any atom is -0.324 e. The zero-order valence-corrected chi connectivity index (χ0v) is 21.2. The molecule has 188 valence electrons. The quantitative estimate of drug-likeness (QED) is 0.618. The highest BCUT2D eigenvalue weighted by molar-refractivity contribution is 7.89. The van der Waals surface area contributed by atoms with E-state index < -0.39 is 10.0 Å². The van der Waals surface area contributed by atoms with Gasteiger partial charge >= 0.3 is 6.03 Å². The fraction of sp³-hybridized carbons (Fsp3) is 0.542. The summed E-state index contributed by atoms with van der Waals surface area (Å²) in [5.41, 5.74) is 1.26. The number of aromatic nitrogens is 2. The van der Waals surface area contributed by atoms with Crippen molar-refractivity contribution in [2.45, 2.75) is 50.3 Å². The van der Waals surface area contributed by atoms with E-state index in [9.17, 15) is 13.2 Å². The number of hydrazine groups is 1. The van der Waals surface area contributed by atoms with E-state index in [1.54, 1.807) is 47.4 Å². The molecule has 5 rings (SSSR count). The van der Waals surface area contributed by atoms with Crippen LogP contribution in [0.25, 0.3) is 0 Å². The van der Waals surface area contributed by atoms with Crippen molar-refractivity contribution < 1.29 is 13.2 Å². The molecule has 3 heterocycles. The number of benzene rings is 1. The van der Waals surface area contributed by atoms with Gasteiger partial charge in [0.15, 0.2) is 5.82 Å². The first-order valence-corrected chi connectivity index (χ1v) is 13.9. The summed E-state index contributed by atoms with van der Waals surface area (Å²) >= 11 is 0. The van der Waals surface area contributed by atoms with Gasteiger partial charge in [-0.15, -0.1) is 0 Å². The summed E-state index contributed by atoms with van der Waals surface area (Å²) < 4.78 is 27.5. The molecular weight excluding hydrogens is 466 g/mol. The zero-order valence-electron chi connectivity index (χ0n) is 20.4. The monoisotopic (exact) mass is 499 g/mol. The fourth-order valence-electron chi connectivity index (χ4n) is 5.22. The summed E-state index contributed by atoms with van der Waals surface area (Å²) in [7, 11) is -1.78. The van der Waals surface area contributed by atoms with E-state index in [1.807, 2.05) is 11.9 Å². The Morgan fingerprint density at radius 3 is 2.54 bits per heavy atom. The molecule has 10 nitrogen and oxygen atoms in total. The third kappa shape index (κ3) is 4.54. The predicted octanol–water partition coefficient (Wildman–Crippen LogP) is 3.81. The molecule has 3 aliphatic rings. The molecule has 2 amide bonds. The van der Waals surface area contributed by atoms with E-state index in [0.717, 1.165) is 32.2 Å². The highest BCUT2D eigenvalue weighted by atomic mass is 32.2. The summed E-state index contributed by atoms with van der Waals surface area (Å²) in [4.78, 5) is 24.1. The van der Waals surface area contributed by atoms with E-state index >= 15 is 0 Å². The van der Waals surface area contributed by atoms with Crippen molar-refractivity contribution >= 4 is 39.2 Å². The van der Waals surface area contributed by atoms with Crippen molar-refractivity contribution in [3.63, 3.8) is 0 Å². The number of nitrogens with one attached hydrogen (secondary N) is 1. The number of amides is 2. The van der Waals surface area contributed by atoms with Gasteiger partial charge in [-0.3, -0.25) is 9.91 Å². The van der Waals surface area contributed by atoms with E-state index in [0.29, 0.717) is 48.7 Å². The lowest BCUT2D eigenvalue weighted by molar-refractivity contribution is 0.195. The topological polar surface area (TPSA) is 102 Å². The van der Waals surface area contributed by atoms with Gasteiger partial charge in [-0.1, -0.05) is 18.9 Å². The van der Waals surface area contributed by atoms with Gasteiger partial charge in [-0.25, -0.2) is 23.2 Å². The number of fused-ring (bicyclic) bond motifs is 1. The van der Waals surface area contributed by atoms with E-state index in [4.69, 9.17) is 4.98 Å². The molecule has 1 saturated carbocycles. The summed E-state index contributed by atoms with van der Waals surface area (Å²) in [5, 5.41) is 6.91. The third-order valence-electron chi connectivity index (χ3n) is 7.15. The highest BCUT2D eigenvalue weighted by Gasteiger charge is 2.36. The number of sulfonamides is 1. The van der Waals surface area contributed by atoms with Gasteiger partial charge in [0, 0.05) is 38.9 Å². The average molecular weight is 500 g/mol. The third-order valence-corrected chi connectivity index (χ3v) is 9.05. The Labute approximate surface area is 207 Å². The Hall–Kier alpha value is -2.92. The van der Waals surface area contributed by atoms with Crippen LogP contribution in [0, 0.1) is 5.92 Å². The molecule has 0 bridgehead atoms. The molecule has 35 heavy (non-hydrogen) atoms. The van der Waals surface area contributed by atoms with Crippen LogP contribution >= 0.6 is 0 Å². The number of anilines is 4. The van der Waals surface area contributed by atoms with E-state index in [2.05, 4.69) is 10.3 Å². The molecule has 11 heteroatoms. The lowest BCUT2D eigenvalue weighted by Crippen LogP contribution is -2.57. The average Bonchev–Trinajstić information content (AvgIpc) is 3.58. The van der Waals surface area contributed by atoms with Crippen LogP contribution in [0.15, 0.2) is 35.4 Å². The normalized spacial score (nSPS) is 19.5. The molecule has 1 saturated heterocycles. The number of hydrogen-bond acceptors (Lipinski definition) is 7. The second kappa shape index (κ2) is 9.62. The largest absolute Gasteiger partial charge is 0.343 e. The molecule has 2 aliphatic heterocycles. The SMILES string of the molecule is CCN1C(=O)N(C)c2cnc(Nc3cccc(S(=O)(=O)N4CCCC4)c3)nc2N1CC1CCCC1. The molecule has 0 radical (unpaired) electrons. The molecular formula is C24H33N7O3S. The second-order valence-corrected chi connectivity index (χ2v) is 11.4. The standard InChI is InChI=1S/C24H33N7O3S/c1-3-30-24(32)28(2)21-16-25-23(27-22(21)31(30)17-18-9-4-5-10-18)26-19-11-8-12-20(15-19)35(33,34)29-13-6-7-14-29/h8,11-12,15-16,18H,3-7,9-10,13-14,17H2,1-2H3,(H,25,26,27). The summed E-state index contributed by atoms with van der Waals surface area (Å²) in [6, 6.07) is 6.68. The lowest BCUT2D eigenvalue weighted by Gasteiger charge is -2.43. The first-order chi connectivity index (χ1) is 16.9. The van der Waals surface area contributed by atoms with Crippen LogP contribution in [0.2, 0.25) is 0 Å². The minimum absolute atomic E-state index is 0.0953. The number of hydrogen-bond donors (Lipinski definition) is 1. The van der Waals surface area contributed by atoms with Crippen LogP contribution in [0.3, 0.4) is 0 Å². The van der Waals surface area contributed by atoms with Crippen LogP contribution < -0.4 is 15.2 Å². The zero-order chi connectivity index (χ0) is 24.6. The molecule has 0 spiro atoms. The van der Waals surface area contributed by atoms with Gasteiger partial charge in [-0.05, 0) is 56.7 Å². The van der Waals surface area contributed by atoms with E-state index in [-0.39, 0.29) is 10.9 Å². The van der Waals surface area contributed by atoms with Crippen molar-refractivity contribution in [3.8, 4) is 0 Å². The Morgan fingerprint density at radius 1 is 1.09 bits per heavy atom. The number of carbonyl (C=O) groups excluding carboxylic acids is 1. The Morgan fingerprint density at radius 2 is 1.83 bits per heavy atom. The number of rotatable bonds is 7. The fourth-order valence-corrected chi connectivity index (χ4v) is 6.78. The number of nitrogens with zero attached hydrogens (tertiary/aromatic N) is 6. The molecule has 0 atom stereocenters. The molecule has 1 aromatic heterocycles. The Bertz CT molecular complexity index is 1190. The van der Waals surface area contributed by atoms with Crippen LogP contribution in [-0.4, -0.2) is 67.0 Å². The van der Waals surface area contributed by atoms with Gasteiger partial charge < -0.3 is 5.32 Å². The number of urea groups is 1. The molecule has 2 fully saturated rings. The summed E-state index contributed by atoms with van der Waals surface area (Å²) in [6.07, 6.45) is 8.19. The van der Waals surface area contributed by atoms with E-state index in [1.165, 1.54) is 17.1 Å². The minimum atomic E-state index is -3.52. The first-order valence-electron chi connectivity index (χ1n) is 12.5. The van der Waals surface area contributed by atoms with Gasteiger partial charge in [0.05, 0.1) is 11.1 Å². The maximum Gasteiger partial charge on any atom is 0.343 e. The maximum atomic E-state index is 13.0. The lowest BCUT2D eigenvalue weighted by atomic mass is 10.1. The van der Waals surface area contributed by atoms with Crippen molar-refractivity contribution in [2.24, 2.45) is 5.92 Å². The van der Waals surface area contributed by atoms with Gasteiger partial charge in [0.25, 0.3) is 0 Å². The van der Waals surface area contributed by atoms with Crippen molar-refractivity contribution in [1.82, 2.24) is 19.3 Å². The first kappa shape index (κ1) is 23.8. The summed E-state index contributed by atoms with van der Waals surface area (Å²) in [5.74, 6) is 1.56. The Balaban J connectivity index is 1.44. The van der Waals surface area contributed by atoms with Crippen LogP contribution in [0.4, 0.5) is 27.9 Å². The smallest absolute Gasteiger partial charge is 0.324 e. The van der Waals surface area contributed by atoms with Gasteiger partial charge in [0.1, 0.15) is 5.69 Å². The number of carbonyl (C=O) groups is 1. The van der Waals surface area contributed by atoms with Crippen molar-refractivity contribution in [1.29, 1.82) is 0 Å². The van der Waals surface area contributed by atoms with Crippen LogP contribution in [-0.2, 0) is 10.0 Å². The Kier molecular flexibility index (Phi) is 6.54. The van der Waals surface area contributed by atoms with Crippen LogP contribution in [0.1, 0.15) is 45.4 Å². The van der Waals surface area contributed by atoms with Crippen molar-refractivity contribution in [3.05, 3.63) is 30.5 Å². The van der Waals surface area contributed by atoms with Crippen LogP contribution in [0.5, 0.6) is 0 Å². The second-order valence-electron chi connectivity index (χ2n) is 9.46. The van der Waals surface area contributed by atoms with Gasteiger partial charge in [-0.2, -0.15) is 9.29 Å². The summed E-state index contributed by atoms with van der Waals surface area (Å²) in [6.45, 7) is 4.36. The maximum absolute atomic E-state index is 13.0. The molecule has 2 aromatic rings. The van der Waals surface area contributed by atoms with Crippen molar-refractivity contribution in [2.75, 3.05) is 48.5 Å². The molecule has 0 unspecified atom stereocenters. The molecule has 1 aliphatic carbocycles. The predicted molar refractivity (Wildman–Crippen MR) is 135 cm³/mol.